The fourth-order valence-corrected chi connectivity index (χ4v) is 3.96. The third kappa shape index (κ3) is 3.96. The van der Waals surface area contributed by atoms with E-state index in [0.717, 1.165) is 20.6 Å². The van der Waals surface area contributed by atoms with Gasteiger partial charge in [-0.15, -0.1) is 0 Å². The minimum Gasteiger partial charge on any atom is -0.494 e. The zero-order valence-electron chi connectivity index (χ0n) is 10.8. The molecule has 7 heteroatoms. The quantitative estimate of drug-likeness (QED) is 0.584. The Labute approximate surface area is 146 Å². The fraction of sp³-hybridized carbons (Fsp3) is 0.143. The van der Waals surface area contributed by atoms with Gasteiger partial charge in [-0.1, -0.05) is 0 Å². The maximum atomic E-state index is 13.7. The Morgan fingerprint density at radius 1 is 1.00 bits per heavy atom. The molecule has 0 spiro atoms. The molecule has 0 heterocycles. The molecule has 0 aliphatic rings. The number of anilines is 1. The van der Waals surface area contributed by atoms with E-state index in [-0.39, 0.29) is 5.69 Å². The molecule has 0 bridgehead atoms. The maximum Gasteiger partial charge on any atom is 0.150 e. The van der Waals surface area contributed by atoms with E-state index in [1.807, 2.05) is 12.1 Å². The van der Waals surface area contributed by atoms with Crippen molar-refractivity contribution < 1.29 is 13.5 Å². The summed E-state index contributed by atoms with van der Waals surface area (Å²) in [5.74, 6) is -0.582. The summed E-state index contributed by atoms with van der Waals surface area (Å²) in [7, 11) is 1.58. The summed E-state index contributed by atoms with van der Waals surface area (Å²) in [6, 6.07) is 5.79. The first-order valence-corrected chi connectivity index (χ1v) is 8.20. The summed E-state index contributed by atoms with van der Waals surface area (Å²) in [4.78, 5) is 0. The van der Waals surface area contributed by atoms with Crippen molar-refractivity contribution in [3.05, 3.63) is 54.9 Å². The monoisotopic (exact) mass is 483 g/mol. The standard InChI is InChI=1S/C14H10Br3F2NO/c1-21-14-10(16)2-7(3-11(14)17)6-20-13-9(15)4-8(18)5-12(13)19/h2-5,20H,6H2,1H3. The lowest BCUT2D eigenvalue weighted by Gasteiger charge is -2.12. The topological polar surface area (TPSA) is 21.3 Å². The molecular weight excluding hydrogens is 476 g/mol. The van der Waals surface area contributed by atoms with E-state index in [9.17, 15) is 8.78 Å². The van der Waals surface area contributed by atoms with E-state index >= 15 is 0 Å². The van der Waals surface area contributed by atoms with Crippen LogP contribution in [-0.2, 0) is 6.54 Å². The van der Waals surface area contributed by atoms with E-state index < -0.39 is 11.6 Å². The predicted octanol–water partition coefficient (Wildman–Crippen LogP) is 5.87. The highest BCUT2D eigenvalue weighted by atomic mass is 79.9. The summed E-state index contributed by atoms with van der Waals surface area (Å²) < 4.78 is 33.9. The fourth-order valence-electron chi connectivity index (χ4n) is 1.81. The number of halogens is 5. The molecule has 0 saturated carbocycles. The third-order valence-electron chi connectivity index (χ3n) is 2.74. The van der Waals surface area contributed by atoms with Crippen LogP contribution in [0.25, 0.3) is 0 Å². The second-order valence-electron chi connectivity index (χ2n) is 4.19. The molecule has 0 fully saturated rings. The van der Waals surface area contributed by atoms with Gasteiger partial charge in [-0.3, -0.25) is 0 Å². The minimum atomic E-state index is -0.645. The third-order valence-corrected chi connectivity index (χ3v) is 4.54. The van der Waals surface area contributed by atoms with Crippen LogP contribution in [0.5, 0.6) is 5.75 Å². The zero-order chi connectivity index (χ0) is 15.6. The van der Waals surface area contributed by atoms with E-state index in [0.29, 0.717) is 16.8 Å². The molecule has 0 aliphatic carbocycles. The molecule has 0 radical (unpaired) electrons. The van der Waals surface area contributed by atoms with Crippen molar-refractivity contribution in [3.63, 3.8) is 0 Å². The van der Waals surface area contributed by atoms with Crippen LogP contribution in [0, 0.1) is 11.6 Å². The molecule has 21 heavy (non-hydrogen) atoms. The van der Waals surface area contributed by atoms with Gasteiger partial charge in [0.05, 0.1) is 21.7 Å². The van der Waals surface area contributed by atoms with Crippen molar-refractivity contribution in [3.8, 4) is 5.75 Å². The Kier molecular flexibility index (Phi) is 5.62. The number of methoxy groups -OCH3 is 1. The van der Waals surface area contributed by atoms with Crippen LogP contribution in [0.3, 0.4) is 0 Å². The van der Waals surface area contributed by atoms with Crippen molar-refractivity contribution >= 4 is 53.5 Å². The number of hydrogen-bond donors (Lipinski definition) is 1. The van der Waals surface area contributed by atoms with Gasteiger partial charge in [-0.25, -0.2) is 8.78 Å². The molecule has 0 amide bonds. The van der Waals surface area contributed by atoms with Gasteiger partial charge in [-0.2, -0.15) is 0 Å². The Bertz CT molecular complexity index is 633. The van der Waals surface area contributed by atoms with E-state index in [4.69, 9.17) is 4.74 Å². The van der Waals surface area contributed by atoms with Gasteiger partial charge in [0.1, 0.15) is 17.4 Å². The normalized spacial score (nSPS) is 10.6. The van der Waals surface area contributed by atoms with Crippen molar-refractivity contribution in [2.24, 2.45) is 0 Å². The maximum absolute atomic E-state index is 13.7. The van der Waals surface area contributed by atoms with Crippen molar-refractivity contribution in [2.75, 3.05) is 12.4 Å². The molecule has 112 valence electrons. The number of benzene rings is 2. The number of ether oxygens (including phenoxy) is 1. The molecule has 0 aromatic heterocycles. The number of nitrogens with one attached hydrogen (secondary N) is 1. The molecule has 2 aromatic carbocycles. The van der Waals surface area contributed by atoms with Crippen LogP contribution in [0.4, 0.5) is 14.5 Å². The van der Waals surface area contributed by atoms with Crippen LogP contribution in [0.15, 0.2) is 37.7 Å². The molecule has 2 aromatic rings. The molecule has 2 nitrogen and oxygen atoms in total. The van der Waals surface area contributed by atoms with E-state index in [2.05, 4.69) is 53.1 Å². The minimum absolute atomic E-state index is 0.222. The Morgan fingerprint density at radius 2 is 1.62 bits per heavy atom. The first-order valence-electron chi connectivity index (χ1n) is 5.82. The molecule has 0 aliphatic heterocycles. The van der Waals surface area contributed by atoms with Crippen LogP contribution < -0.4 is 10.1 Å². The first-order chi connectivity index (χ1) is 9.92. The predicted molar refractivity (Wildman–Crippen MR) is 89.8 cm³/mol. The van der Waals surface area contributed by atoms with Gasteiger partial charge in [0.2, 0.25) is 0 Å². The van der Waals surface area contributed by atoms with Gasteiger partial charge < -0.3 is 10.1 Å². The number of rotatable bonds is 4. The van der Waals surface area contributed by atoms with Crippen molar-refractivity contribution in [2.45, 2.75) is 6.54 Å². The summed E-state index contributed by atoms with van der Waals surface area (Å²) in [6.07, 6.45) is 0. The average Bonchev–Trinajstić information content (AvgIpc) is 2.37. The second kappa shape index (κ2) is 7.07. The SMILES string of the molecule is COc1c(Br)cc(CNc2c(F)cc(F)cc2Br)cc1Br. The summed E-state index contributed by atoms with van der Waals surface area (Å²) >= 11 is 9.96. The molecule has 0 saturated heterocycles. The average molecular weight is 486 g/mol. The van der Waals surface area contributed by atoms with Crippen LogP contribution in [-0.4, -0.2) is 7.11 Å². The Balaban J connectivity index is 2.21. The van der Waals surface area contributed by atoms with Gasteiger partial charge in [0.25, 0.3) is 0 Å². The Morgan fingerprint density at radius 3 is 2.14 bits per heavy atom. The van der Waals surface area contributed by atoms with E-state index in [1.165, 1.54) is 6.07 Å². The van der Waals surface area contributed by atoms with Gasteiger partial charge in [0.15, 0.2) is 0 Å². The van der Waals surface area contributed by atoms with Gasteiger partial charge >= 0.3 is 0 Å². The van der Waals surface area contributed by atoms with Crippen molar-refractivity contribution in [1.82, 2.24) is 0 Å². The lowest BCUT2D eigenvalue weighted by Crippen LogP contribution is -2.03. The zero-order valence-corrected chi connectivity index (χ0v) is 15.6. The van der Waals surface area contributed by atoms with Gasteiger partial charge in [-0.05, 0) is 71.6 Å². The lowest BCUT2D eigenvalue weighted by molar-refractivity contribution is 0.409. The molecule has 2 rings (SSSR count). The lowest BCUT2D eigenvalue weighted by atomic mass is 10.2. The van der Waals surface area contributed by atoms with Crippen LogP contribution >= 0.6 is 47.8 Å². The summed E-state index contributed by atoms with van der Waals surface area (Å²) in [6.45, 7) is 0.377. The van der Waals surface area contributed by atoms with E-state index in [1.54, 1.807) is 7.11 Å². The highest BCUT2D eigenvalue weighted by molar-refractivity contribution is 9.11. The highest BCUT2D eigenvalue weighted by Gasteiger charge is 2.11. The summed E-state index contributed by atoms with van der Waals surface area (Å²) in [5, 5.41) is 2.95. The second-order valence-corrected chi connectivity index (χ2v) is 6.75. The Hall–Kier alpha value is -0.660. The first kappa shape index (κ1) is 16.7. The number of hydrogen-bond acceptors (Lipinski definition) is 2. The molecular formula is C14H10Br3F2NO. The summed E-state index contributed by atoms with van der Waals surface area (Å²) in [5.41, 5.74) is 1.13. The largest absolute Gasteiger partial charge is 0.494 e. The van der Waals surface area contributed by atoms with Crippen LogP contribution in [0.2, 0.25) is 0 Å². The molecule has 0 unspecified atom stereocenters. The smallest absolute Gasteiger partial charge is 0.150 e. The van der Waals surface area contributed by atoms with Crippen LogP contribution in [0.1, 0.15) is 5.56 Å². The molecule has 1 N–H and O–H groups in total. The molecule has 0 atom stereocenters. The van der Waals surface area contributed by atoms with Gasteiger partial charge in [0, 0.05) is 17.1 Å². The van der Waals surface area contributed by atoms with Crippen molar-refractivity contribution in [1.29, 1.82) is 0 Å². The highest BCUT2D eigenvalue weighted by Crippen LogP contribution is 2.35.